The molecule has 1 aromatic heterocycles. The average Bonchev–Trinajstić information content (AvgIpc) is 2.71. The van der Waals surface area contributed by atoms with Gasteiger partial charge in [-0.25, -0.2) is 4.98 Å². The Balaban J connectivity index is 1.90. The first kappa shape index (κ1) is 19.5. The van der Waals surface area contributed by atoms with E-state index in [2.05, 4.69) is 9.98 Å². The van der Waals surface area contributed by atoms with Crippen molar-refractivity contribution in [2.75, 3.05) is 25.0 Å². The number of piperidine rings is 1. The van der Waals surface area contributed by atoms with Gasteiger partial charge in [-0.05, 0) is 43.5 Å². The van der Waals surface area contributed by atoms with Crippen molar-refractivity contribution in [3.05, 3.63) is 41.5 Å². The van der Waals surface area contributed by atoms with Gasteiger partial charge in [-0.15, -0.1) is 0 Å². The van der Waals surface area contributed by atoms with E-state index in [-0.39, 0.29) is 23.0 Å². The van der Waals surface area contributed by atoms with Crippen molar-refractivity contribution < 1.29 is 13.2 Å². The molecule has 4 rings (SSSR count). The van der Waals surface area contributed by atoms with E-state index in [1.54, 1.807) is 30.1 Å². The summed E-state index contributed by atoms with van der Waals surface area (Å²) in [5, 5.41) is 0. The van der Waals surface area contributed by atoms with E-state index < -0.39 is 17.9 Å². The van der Waals surface area contributed by atoms with Crippen molar-refractivity contribution in [2.45, 2.75) is 31.6 Å². The van der Waals surface area contributed by atoms with E-state index in [4.69, 9.17) is 11.5 Å². The molecule has 0 amide bonds. The van der Waals surface area contributed by atoms with Crippen LogP contribution in [0.25, 0.3) is 11.3 Å². The molecule has 0 radical (unpaired) electrons. The highest BCUT2D eigenvalue weighted by Crippen LogP contribution is 2.43. The number of halogens is 3. The number of anilines is 1. The molecule has 1 saturated heterocycles. The SMILES string of the molecule is CN1C(N)=Nc2nc(-c3c(N4CCCCC4)cccc3C(F)(F)F)ccc2C1N. The summed E-state index contributed by atoms with van der Waals surface area (Å²) in [5.74, 6) is 0.433. The van der Waals surface area contributed by atoms with Gasteiger partial charge in [0.25, 0.3) is 0 Å². The van der Waals surface area contributed by atoms with Gasteiger partial charge in [-0.3, -0.25) is 0 Å². The monoisotopic (exact) mass is 404 g/mol. The second-order valence-electron chi connectivity index (χ2n) is 7.38. The fraction of sp³-hybridized carbons (Fsp3) is 0.400. The van der Waals surface area contributed by atoms with E-state index in [0.29, 0.717) is 11.3 Å². The van der Waals surface area contributed by atoms with E-state index >= 15 is 0 Å². The molecule has 2 aliphatic rings. The molecule has 1 atom stereocenters. The molecule has 0 bridgehead atoms. The first-order valence-corrected chi connectivity index (χ1v) is 9.56. The van der Waals surface area contributed by atoms with E-state index in [9.17, 15) is 13.2 Å². The van der Waals surface area contributed by atoms with Crippen LogP contribution in [0.1, 0.15) is 36.6 Å². The highest BCUT2D eigenvalue weighted by molar-refractivity contribution is 5.85. The maximum atomic E-state index is 13.9. The predicted molar refractivity (Wildman–Crippen MR) is 107 cm³/mol. The second-order valence-corrected chi connectivity index (χ2v) is 7.38. The van der Waals surface area contributed by atoms with Crippen LogP contribution in [0.3, 0.4) is 0 Å². The third-order valence-electron chi connectivity index (χ3n) is 5.52. The Morgan fingerprint density at radius 1 is 1.07 bits per heavy atom. The number of pyridine rings is 1. The molecular formula is C20H23F3N6. The van der Waals surface area contributed by atoms with Crippen LogP contribution in [0, 0.1) is 0 Å². The zero-order chi connectivity index (χ0) is 20.8. The Labute approximate surface area is 167 Å². The van der Waals surface area contributed by atoms with E-state index in [0.717, 1.165) is 38.4 Å². The number of aliphatic imine (C=N–C) groups is 1. The minimum absolute atomic E-state index is 0.0750. The summed E-state index contributed by atoms with van der Waals surface area (Å²) in [6.07, 6.45) is -2.06. The van der Waals surface area contributed by atoms with Crippen LogP contribution < -0.4 is 16.4 Å². The van der Waals surface area contributed by atoms with Crippen LogP contribution in [0.15, 0.2) is 35.3 Å². The molecule has 9 heteroatoms. The molecule has 0 spiro atoms. The first-order chi connectivity index (χ1) is 13.8. The molecule has 1 fully saturated rings. The summed E-state index contributed by atoms with van der Waals surface area (Å²) >= 11 is 0. The minimum Gasteiger partial charge on any atom is -0.371 e. The minimum atomic E-state index is -4.50. The summed E-state index contributed by atoms with van der Waals surface area (Å²) in [6.45, 7) is 1.44. The standard InChI is InChI=1S/C20H23F3N6/c1-28-17(24)12-8-9-14(26-18(12)27-19(28)25)16-13(20(21,22)23)6-5-7-15(16)29-10-3-2-4-11-29/h5-9,17H,2-4,10-11,24H2,1H3,(H2,25,26,27). The Morgan fingerprint density at radius 2 is 1.79 bits per heavy atom. The van der Waals surface area contributed by atoms with Gasteiger partial charge in [0.1, 0.15) is 6.17 Å². The molecule has 154 valence electrons. The Bertz CT molecular complexity index is 950. The largest absolute Gasteiger partial charge is 0.417 e. The summed E-state index contributed by atoms with van der Waals surface area (Å²) in [7, 11) is 1.70. The van der Waals surface area contributed by atoms with Crippen molar-refractivity contribution >= 4 is 17.5 Å². The molecule has 1 unspecified atom stereocenters. The number of hydrogen-bond acceptors (Lipinski definition) is 6. The number of nitrogens with two attached hydrogens (primary N) is 2. The Morgan fingerprint density at radius 3 is 2.48 bits per heavy atom. The molecule has 0 saturated carbocycles. The lowest BCUT2D eigenvalue weighted by Crippen LogP contribution is -2.43. The van der Waals surface area contributed by atoms with Gasteiger partial charge in [0.05, 0.1) is 11.3 Å². The van der Waals surface area contributed by atoms with Crippen molar-refractivity contribution in [3.63, 3.8) is 0 Å². The molecule has 6 nitrogen and oxygen atoms in total. The number of alkyl halides is 3. The summed E-state index contributed by atoms with van der Waals surface area (Å²) in [4.78, 5) is 12.3. The van der Waals surface area contributed by atoms with Gasteiger partial charge in [-0.1, -0.05) is 6.07 Å². The zero-order valence-electron chi connectivity index (χ0n) is 16.1. The van der Waals surface area contributed by atoms with Gasteiger partial charge in [0.2, 0.25) is 0 Å². The zero-order valence-corrected chi connectivity index (χ0v) is 16.1. The van der Waals surface area contributed by atoms with Crippen molar-refractivity contribution in [3.8, 4) is 11.3 Å². The quantitative estimate of drug-likeness (QED) is 0.799. The number of nitrogens with zero attached hydrogens (tertiary/aromatic N) is 4. The number of hydrogen-bond donors (Lipinski definition) is 2. The van der Waals surface area contributed by atoms with Crippen LogP contribution in [-0.4, -0.2) is 36.0 Å². The number of benzene rings is 1. The van der Waals surface area contributed by atoms with E-state index in [1.165, 1.54) is 6.07 Å². The van der Waals surface area contributed by atoms with Crippen molar-refractivity contribution in [1.82, 2.24) is 9.88 Å². The molecular weight excluding hydrogens is 381 g/mol. The number of fused-ring (bicyclic) bond motifs is 1. The lowest BCUT2D eigenvalue weighted by Gasteiger charge is -2.32. The molecule has 2 aromatic rings. The fourth-order valence-corrected chi connectivity index (χ4v) is 3.90. The van der Waals surface area contributed by atoms with Gasteiger partial charge in [0.15, 0.2) is 11.8 Å². The summed E-state index contributed by atoms with van der Waals surface area (Å²) < 4.78 is 41.6. The van der Waals surface area contributed by atoms with Crippen LogP contribution in [-0.2, 0) is 6.18 Å². The van der Waals surface area contributed by atoms with Crippen LogP contribution in [0.5, 0.6) is 0 Å². The smallest absolute Gasteiger partial charge is 0.371 e. The van der Waals surface area contributed by atoms with Crippen LogP contribution in [0.4, 0.5) is 24.7 Å². The number of rotatable bonds is 2. The Hall–Kier alpha value is -2.81. The third-order valence-corrected chi connectivity index (χ3v) is 5.52. The average molecular weight is 404 g/mol. The maximum Gasteiger partial charge on any atom is 0.417 e. The lowest BCUT2D eigenvalue weighted by atomic mass is 9.98. The number of aromatic nitrogens is 1. The number of guanidine groups is 1. The lowest BCUT2D eigenvalue weighted by molar-refractivity contribution is -0.137. The molecule has 4 N–H and O–H groups in total. The first-order valence-electron chi connectivity index (χ1n) is 9.56. The van der Waals surface area contributed by atoms with Gasteiger partial charge in [-0.2, -0.15) is 18.2 Å². The summed E-state index contributed by atoms with van der Waals surface area (Å²) in [5.41, 5.74) is 12.8. The Kier molecular flexibility index (Phi) is 4.85. The third kappa shape index (κ3) is 3.50. The van der Waals surface area contributed by atoms with Crippen molar-refractivity contribution in [2.24, 2.45) is 16.5 Å². The summed E-state index contributed by atoms with van der Waals surface area (Å²) in [6, 6.07) is 7.55. The highest BCUT2D eigenvalue weighted by atomic mass is 19.4. The van der Waals surface area contributed by atoms with Gasteiger partial charge in [0, 0.05) is 37.0 Å². The second kappa shape index (κ2) is 7.22. The molecule has 2 aliphatic heterocycles. The maximum absolute atomic E-state index is 13.9. The van der Waals surface area contributed by atoms with Crippen LogP contribution >= 0.6 is 0 Å². The van der Waals surface area contributed by atoms with Gasteiger partial charge < -0.3 is 21.3 Å². The van der Waals surface area contributed by atoms with Gasteiger partial charge >= 0.3 is 6.18 Å². The molecule has 0 aliphatic carbocycles. The highest BCUT2D eigenvalue weighted by Gasteiger charge is 2.36. The molecule has 1 aromatic carbocycles. The normalized spacial score (nSPS) is 19.8. The predicted octanol–water partition coefficient (Wildman–Crippen LogP) is 3.61. The van der Waals surface area contributed by atoms with Crippen LogP contribution in [0.2, 0.25) is 0 Å². The fourth-order valence-electron chi connectivity index (χ4n) is 3.90. The molecule has 29 heavy (non-hydrogen) atoms. The van der Waals surface area contributed by atoms with E-state index in [1.807, 2.05) is 4.90 Å². The molecule has 3 heterocycles. The topological polar surface area (TPSA) is 83.8 Å². The van der Waals surface area contributed by atoms with Crippen molar-refractivity contribution in [1.29, 1.82) is 0 Å².